The Hall–Kier alpha value is -0.0800. The van der Waals surface area contributed by atoms with E-state index in [1.165, 1.54) is 0 Å². The molecule has 2 heteroatoms. The molecule has 0 saturated carbocycles. The van der Waals surface area contributed by atoms with Gasteiger partial charge in [0, 0.05) is 13.2 Å². The minimum absolute atomic E-state index is 0.224. The molecule has 1 atom stereocenters. The van der Waals surface area contributed by atoms with Crippen molar-refractivity contribution < 1.29 is 9.47 Å². The summed E-state index contributed by atoms with van der Waals surface area (Å²) in [5.74, 6) is 0. The fourth-order valence-electron chi connectivity index (χ4n) is 0.719. The Morgan fingerprint density at radius 2 is 2.09 bits per heavy atom. The molecule has 67 valence electrons. The summed E-state index contributed by atoms with van der Waals surface area (Å²) in [6.07, 6.45) is 2.13. The maximum absolute atomic E-state index is 5.39. The van der Waals surface area contributed by atoms with E-state index in [9.17, 15) is 0 Å². The molecular formula is C9H19O2. The lowest BCUT2D eigenvalue weighted by Crippen LogP contribution is -2.16. The normalized spacial score (nSPS) is 13.4. The van der Waals surface area contributed by atoms with Gasteiger partial charge in [-0.25, -0.2) is 0 Å². The zero-order valence-electron chi connectivity index (χ0n) is 7.64. The van der Waals surface area contributed by atoms with Crippen LogP contribution in [0.4, 0.5) is 0 Å². The molecule has 0 saturated heterocycles. The molecule has 1 unspecified atom stereocenters. The number of hydrogen-bond acceptors (Lipinski definition) is 2. The lowest BCUT2D eigenvalue weighted by Gasteiger charge is -2.11. The van der Waals surface area contributed by atoms with Crippen molar-refractivity contribution in [2.24, 2.45) is 0 Å². The van der Waals surface area contributed by atoms with Gasteiger partial charge in [0.25, 0.3) is 0 Å². The Balaban J connectivity index is 3.02. The van der Waals surface area contributed by atoms with Crippen LogP contribution in [0.25, 0.3) is 0 Å². The Morgan fingerprint density at radius 1 is 1.36 bits per heavy atom. The Labute approximate surface area is 69.9 Å². The summed E-state index contributed by atoms with van der Waals surface area (Å²) in [5, 5.41) is 0. The SMILES string of the molecule is [CH2]CCOCC(C)OCCC. The number of ether oxygens (including phenoxy) is 2. The second-order valence-electron chi connectivity index (χ2n) is 2.61. The predicted molar refractivity (Wildman–Crippen MR) is 46.5 cm³/mol. The molecule has 0 aliphatic carbocycles. The zero-order valence-corrected chi connectivity index (χ0v) is 7.64. The van der Waals surface area contributed by atoms with Crippen LogP contribution in [0.5, 0.6) is 0 Å². The molecule has 0 N–H and O–H groups in total. The van der Waals surface area contributed by atoms with Gasteiger partial charge in [-0.2, -0.15) is 0 Å². The highest BCUT2D eigenvalue weighted by atomic mass is 16.5. The van der Waals surface area contributed by atoms with Gasteiger partial charge in [-0.1, -0.05) is 13.8 Å². The summed E-state index contributed by atoms with van der Waals surface area (Å²) in [6, 6.07) is 0. The third kappa shape index (κ3) is 7.82. The van der Waals surface area contributed by atoms with Crippen molar-refractivity contribution in [1.29, 1.82) is 0 Å². The van der Waals surface area contributed by atoms with E-state index in [-0.39, 0.29) is 6.10 Å². The van der Waals surface area contributed by atoms with Crippen LogP contribution in [0.2, 0.25) is 0 Å². The number of hydrogen-bond donors (Lipinski definition) is 0. The van der Waals surface area contributed by atoms with Gasteiger partial charge in [0.05, 0.1) is 12.7 Å². The van der Waals surface area contributed by atoms with E-state index in [0.717, 1.165) is 26.1 Å². The van der Waals surface area contributed by atoms with Gasteiger partial charge >= 0.3 is 0 Å². The predicted octanol–water partition coefficient (Wildman–Crippen LogP) is 2.04. The molecule has 0 aliphatic rings. The monoisotopic (exact) mass is 159 g/mol. The first-order valence-corrected chi connectivity index (χ1v) is 4.29. The Kier molecular flexibility index (Phi) is 7.96. The highest BCUT2D eigenvalue weighted by Crippen LogP contribution is 1.93. The minimum Gasteiger partial charge on any atom is -0.379 e. The van der Waals surface area contributed by atoms with Crippen LogP contribution in [-0.4, -0.2) is 25.9 Å². The highest BCUT2D eigenvalue weighted by molar-refractivity contribution is 4.47. The van der Waals surface area contributed by atoms with E-state index in [1.54, 1.807) is 0 Å². The maximum Gasteiger partial charge on any atom is 0.0780 e. The van der Waals surface area contributed by atoms with Crippen LogP contribution in [-0.2, 0) is 9.47 Å². The van der Waals surface area contributed by atoms with Gasteiger partial charge in [-0.05, 0) is 19.8 Å². The first-order valence-electron chi connectivity index (χ1n) is 4.29. The van der Waals surface area contributed by atoms with E-state index in [0.29, 0.717) is 6.61 Å². The summed E-state index contributed by atoms with van der Waals surface area (Å²) in [4.78, 5) is 0. The van der Waals surface area contributed by atoms with Crippen molar-refractivity contribution in [2.45, 2.75) is 32.8 Å². The van der Waals surface area contributed by atoms with Crippen molar-refractivity contribution in [3.8, 4) is 0 Å². The first kappa shape index (κ1) is 10.9. The van der Waals surface area contributed by atoms with Crippen molar-refractivity contribution in [1.82, 2.24) is 0 Å². The molecule has 0 heterocycles. The van der Waals surface area contributed by atoms with Gasteiger partial charge in [0.1, 0.15) is 0 Å². The molecule has 0 aromatic heterocycles. The van der Waals surface area contributed by atoms with E-state index >= 15 is 0 Å². The van der Waals surface area contributed by atoms with E-state index < -0.39 is 0 Å². The van der Waals surface area contributed by atoms with Gasteiger partial charge in [-0.3, -0.25) is 0 Å². The summed E-state index contributed by atoms with van der Waals surface area (Å²) in [5.41, 5.74) is 0. The molecule has 0 aliphatic heterocycles. The third-order valence-electron chi connectivity index (χ3n) is 1.25. The average Bonchev–Trinajstić information content (AvgIpc) is 2.01. The van der Waals surface area contributed by atoms with Crippen LogP contribution in [0.3, 0.4) is 0 Å². The molecule has 2 nitrogen and oxygen atoms in total. The van der Waals surface area contributed by atoms with Crippen LogP contribution in [0, 0.1) is 6.92 Å². The van der Waals surface area contributed by atoms with Crippen LogP contribution in [0.15, 0.2) is 0 Å². The summed E-state index contributed by atoms with van der Waals surface area (Å²) >= 11 is 0. The first-order chi connectivity index (χ1) is 5.31. The van der Waals surface area contributed by atoms with Gasteiger partial charge in [0.2, 0.25) is 0 Å². The molecule has 0 aromatic carbocycles. The quantitative estimate of drug-likeness (QED) is 0.529. The van der Waals surface area contributed by atoms with Gasteiger partial charge in [-0.15, -0.1) is 0 Å². The molecular weight excluding hydrogens is 140 g/mol. The lowest BCUT2D eigenvalue weighted by molar-refractivity contribution is -0.00526. The largest absolute Gasteiger partial charge is 0.379 e. The highest BCUT2D eigenvalue weighted by Gasteiger charge is 1.99. The van der Waals surface area contributed by atoms with Crippen LogP contribution in [0.1, 0.15) is 26.7 Å². The fraction of sp³-hybridized carbons (Fsp3) is 0.889. The van der Waals surface area contributed by atoms with E-state index in [2.05, 4.69) is 13.8 Å². The van der Waals surface area contributed by atoms with Crippen molar-refractivity contribution in [2.75, 3.05) is 19.8 Å². The van der Waals surface area contributed by atoms with Crippen LogP contribution < -0.4 is 0 Å². The molecule has 0 fully saturated rings. The second-order valence-corrected chi connectivity index (χ2v) is 2.61. The van der Waals surface area contributed by atoms with E-state index in [4.69, 9.17) is 9.47 Å². The third-order valence-corrected chi connectivity index (χ3v) is 1.25. The standard InChI is InChI=1S/C9H19O2/c1-4-6-10-8-9(3)11-7-5-2/h9H,1,4-8H2,2-3H3. The van der Waals surface area contributed by atoms with Gasteiger partial charge < -0.3 is 9.47 Å². The van der Waals surface area contributed by atoms with Crippen molar-refractivity contribution in [3.05, 3.63) is 6.92 Å². The van der Waals surface area contributed by atoms with Crippen LogP contribution >= 0.6 is 0 Å². The topological polar surface area (TPSA) is 18.5 Å². The summed E-state index contributed by atoms with van der Waals surface area (Å²) in [6.45, 7) is 10.1. The molecule has 0 bridgehead atoms. The zero-order chi connectivity index (χ0) is 8.53. The Morgan fingerprint density at radius 3 is 2.64 bits per heavy atom. The van der Waals surface area contributed by atoms with Crippen molar-refractivity contribution in [3.63, 3.8) is 0 Å². The lowest BCUT2D eigenvalue weighted by atomic mass is 10.4. The minimum atomic E-state index is 0.224. The molecule has 0 aromatic rings. The average molecular weight is 159 g/mol. The number of rotatable bonds is 7. The molecule has 11 heavy (non-hydrogen) atoms. The smallest absolute Gasteiger partial charge is 0.0780 e. The maximum atomic E-state index is 5.39. The summed E-state index contributed by atoms with van der Waals surface area (Å²) in [7, 11) is 0. The fourth-order valence-corrected chi connectivity index (χ4v) is 0.719. The van der Waals surface area contributed by atoms with Crippen molar-refractivity contribution >= 4 is 0 Å². The molecule has 0 spiro atoms. The van der Waals surface area contributed by atoms with E-state index in [1.807, 2.05) is 6.92 Å². The summed E-state index contributed by atoms with van der Waals surface area (Å²) < 4.78 is 10.6. The molecule has 0 rings (SSSR count). The molecule has 0 amide bonds. The Bertz CT molecular complexity index is 74.0. The van der Waals surface area contributed by atoms with Gasteiger partial charge in [0.15, 0.2) is 0 Å². The molecule has 1 radical (unpaired) electrons. The second kappa shape index (κ2) is 8.02.